The highest BCUT2D eigenvalue weighted by Gasteiger charge is 2.28. The Bertz CT molecular complexity index is 1020. The molecule has 0 N–H and O–H groups in total. The lowest BCUT2D eigenvalue weighted by Crippen LogP contribution is -2.42. The maximum Gasteiger partial charge on any atom is 0.410 e. The zero-order chi connectivity index (χ0) is 27.3. The minimum Gasteiger partial charge on any atom is -0.491 e. The van der Waals surface area contributed by atoms with Crippen molar-refractivity contribution in [3.63, 3.8) is 0 Å². The average Bonchev–Trinajstić information content (AvgIpc) is 2.77. The Hall–Kier alpha value is -1.87. The molecule has 2 rings (SSSR count). The maximum atomic E-state index is 12.5. The van der Waals surface area contributed by atoms with Crippen LogP contribution in [0.1, 0.15) is 54.0 Å². The molecule has 0 unspecified atom stereocenters. The molecule has 0 fully saturated rings. The number of halogens is 2. The number of likely N-dealkylation sites (N-methyl/N-ethyl adjacent to an activating group) is 1. The van der Waals surface area contributed by atoms with E-state index in [0.717, 1.165) is 5.56 Å². The summed E-state index contributed by atoms with van der Waals surface area (Å²) in [5.41, 5.74) is 0.795. The summed E-state index contributed by atoms with van der Waals surface area (Å²) >= 11 is 12.4. The summed E-state index contributed by atoms with van der Waals surface area (Å²) in [4.78, 5) is 22.8. The van der Waals surface area contributed by atoms with Gasteiger partial charge in [0, 0.05) is 18.2 Å². The van der Waals surface area contributed by atoms with Crippen molar-refractivity contribution in [3.05, 3.63) is 40.1 Å². The van der Waals surface area contributed by atoms with Gasteiger partial charge in [0.25, 0.3) is 0 Å². The van der Waals surface area contributed by atoms with Gasteiger partial charge in [-0.3, -0.25) is 0 Å². The summed E-state index contributed by atoms with van der Waals surface area (Å²) in [5, 5.41) is 0.727. The molecular weight excluding hydrogens is 517 g/mol. The topological polar surface area (TPSA) is 73.8 Å². The number of aromatic nitrogens is 2. The number of carbonyl (C=O) groups excluding carboxylic acids is 1. The van der Waals surface area contributed by atoms with E-state index < -0.39 is 21.5 Å². The molecule has 1 amide bonds. The monoisotopic (exact) mass is 555 g/mol. The first-order valence-electron chi connectivity index (χ1n) is 12.1. The Morgan fingerprint density at radius 1 is 1.11 bits per heavy atom. The van der Waals surface area contributed by atoms with Crippen molar-refractivity contribution in [2.45, 2.75) is 72.1 Å². The van der Waals surface area contributed by atoms with Crippen LogP contribution in [0.5, 0.6) is 5.75 Å². The van der Waals surface area contributed by atoms with Gasteiger partial charge in [-0.05, 0) is 50.8 Å². The van der Waals surface area contributed by atoms with Gasteiger partial charge in [-0.25, -0.2) is 14.8 Å². The second-order valence-corrected chi connectivity index (χ2v) is 14.2. The summed E-state index contributed by atoms with van der Waals surface area (Å²) in [6.45, 7) is 16.8. The van der Waals surface area contributed by atoms with Crippen molar-refractivity contribution in [2.24, 2.45) is 5.92 Å². The number of rotatable bonds is 10. The lowest BCUT2D eigenvalue weighted by atomic mass is 9.99. The highest BCUT2D eigenvalue weighted by atomic mass is 35.5. The molecule has 200 valence electrons. The molecule has 1 atom stereocenters. The van der Waals surface area contributed by atoms with E-state index in [2.05, 4.69) is 37.7 Å². The maximum absolute atomic E-state index is 12.5. The van der Waals surface area contributed by atoms with Gasteiger partial charge >= 0.3 is 6.09 Å². The molecule has 0 spiro atoms. The number of hydrogen-bond acceptors (Lipinski definition) is 6. The molecular formula is C26H39Cl2N3O4Si. The van der Waals surface area contributed by atoms with Crippen LogP contribution in [0.25, 0.3) is 11.4 Å². The number of benzene rings is 1. The van der Waals surface area contributed by atoms with Gasteiger partial charge in [-0.1, -0.05) is 63.0 Å². The third-order valence-electron chi connectivity index (χ3n) is 5.99. The Morgan fingerprint density at radius 2 is 1.72 bits per heavy atom. The van der Waals surface area contributed by atoms with Gasteiger partial charge < -0.3 is 18.8 Å². The SMILES string of the molecule is Cc1c(Cl)nc(-c2cccc(OC[C@H](CN(C)C(=O)OC(C)(C)C)O[SiH2]C(C)(C)C(C)C)c2)nc1Cl. The van der Waals surface area contributed by atoms with Crippen LogP contribution in [-0.2, 0) is 9.16 Å². The summed E-state index contributed by atoms with van der Waals surface area (Å²) in [7, 11) is 0.783. The standard InChI is InChI=1S/C26H39Cl2N3O4Si/c1-16(2)26(7,8)36-35-20(14-31(9)24(32)34-25(4,5)6)15-33-19-12-10-11-18(13-19)23-29-21(27)17(3)22(28)30-23/h10-13,16,20H,14-15,36H2,1-9H3/t20-/m0/s1. The molecule has 7 nitrogen and oxygen atoms in total. The van der Waals surface area contributed by atoms with E-state index in [-0.39, 0.29) is 17.7 Å². The third kappa shape index (κ3) is 9.21. The first-order chi connectivity index (χ1) is 16.6. The summed E-state index contributed by atoms with van der Waals surface area (Å²) < 4.78 is 18.0. The van der Waals surface area contributed by atoms with Crippen molar-refractivity contribution >= 4 is 39.1 Å². The molecule has 0 aliphatic carbocycles. The second kappa shape index (κ2) is 12.6. The molecule has 10 heteroatoms. The fourth-order valence-electron chi connectivity index (χ4n) is 2.88. The number of carbonyl (C=O) groups is 1. The zero-order valence-electron chi connectivity index (χ0n) is 22.8. The lowest BCUT2D eigenvalue weighted by molar-refractivity contribution is 0.0187. The van der Waals surface area contributed by atoms with Crippen LogP contribution in [0, 0.1) is 12.8 Å². The van der Waals surface area contributed by atoms with Crippen molar-refractivity contribution in [1.29, 1.82) is 0 Å². The van der Waals surface area contributed by atoms with Crippen molar-refractivity contribution in [3.8, 4) is 17.1 Å². The van der Waals surface area contributed by atoms with E-state index >= 15 is 0 Å². The lowest BCUT2D eigenvalue weighted by Gasteiger charge is -2.32. The highest BCUT2D eigenvalue weighted by Crippen LogP contribution is 2.33. The zero-order valence-corrected chi connectivity index (χ0v) is 25.7. The number of amides is 1. The number of ether oxygens (including phenoxy) is 2. The van der Waals surface area contributed by atoms with Gasteiger partial charge in [0.2, 0.25) is 0 Å². The minimum atomic E-state index is -0.928. The predicted octanol–water partition coefficient (Wildman–Crippen LogP) is 6.33. The van der Waals surface area contributed by atoms with E-state index in [1.165, 1.54) is 4.90 Å². The summed E-state index contributed by atoms with van der Waals surface area (Å²) in [6.07, 6.45) is -0.705. The normalized spacial score (nSPS) is 13.3. The quantitative estimate of drug-likeness (QED) is 0.252. The summed E-state index contributed by atoms with van der Waals surface area (Å²) in [5.74, 6) is 1.53. The molecule has 2 aromatic rings. The smallest absolute Gasteiger partial charge is 0.410 e. The van der Waals surface area contributed by atoms with E-state index in [1.807, 2.05) is 45.0 Å². The Balaban J connectivity index is 2.17. The van der Waals surface area contributed by atoms with Crippen LogP contribution in [-0.4, -0.2) is 62.6 Å². The van der Waals surface area contributed by atoms with Crippen molar-refractivity contribution < 1.29 is 18.7 Å². The number of hydrogen-bond donors (Lipinski definition) is 0. The molecule has 1 aromatic carbocycles. The third-order valence-corrected chi connectivity index (χ3v) is 8.93. The van der Waals surface area contributed by atoms with E-state index in [4.69, 9.17) is 37.1 Å². The van der Waals surface area contributed by atoms with Crippen LogP contribution in [0.4, 0.5) is 4.79 Å². The molecule has 36 heavy (non-hydrogen) atoms. The van der Waals surface area contributed by atoms with Crippen molar-refractivity contribution in [2.75, 3.05) is 20.2 Å². The van der Waals surface area contributed by atoms with Crippen LogP contribution in [0.3, 0.4) is 0 Å². The first-order valence-corrected chi connectivity index (χ1v) is 14.1. The van der Waals surface area contributed by atoms with E-state index in [9.17, 15) is 4.79 Å². The average molecular weight is 557 g/mol. The van der Waals surface area contributed by atoms with Gasteiger partial charge in [0.15, 0.2) is 15.6 Å². The molecule has 0 aliphatic rings. The van der Waals surface area contributed by atoms with Crippen LogP contribution >= 0.6 is 23.2 Å². The Morgan fingerprint density at radius 3 is 2.28 bits per heavy atom. The van der Waals surface area contributed by atoms with Gasteiger partial charge in [0.1, 0.15) is 28.3 Å². The molecule has 1 aromatic heterocycles. The predicted molar refractivity (Wildman–Crippen MR) is 149 cm³/mol. The molecule has 0 bridgehead atoms. The van der Waals surface area contributed by atoms with E-state index in [0.29, 0.717) is 39.9 Å². The molecule has 0 saturated heterocycles. The highest BCUT2D eigenvalue weighted by molar-refractivity contribution is 6.34. The number of nitrogens with zero attached hydrogens (tertiary/aromatic N) is 3. The largest absolute Gasteiger partial charge is 0.491 e. The first kappa shape index (κ1) is 30.4. The van der Waals surface area contributed by atoms with Gasteiger partial charge in [0.05, 0.1) is 12.6 Å². The van der Waals surface area contributed by atoms with Gasteiger partial charge in [-0.15, -0.1) is 0 Å². The molecule has 0 radical (unpaired) electrons. The minimum absolute atomic E-state index is 0.101. The Labute approximate surface area is 227 Å². The molecule has 0 saturated carbocycles. The van der Waals surface area contributed by atoms with Crippen LogP contribution in [0.15, 0.2) is 24.3 Å². The molecule has 0 aliphatic heterocycles. The van der Waals surface area contributed by atoms with Gasteiger partial charge in [-0.2, -0.15) is 0 Å². The second-order valence-electron chi connectivity index (χ2n) is 11.0. The van der Waals surface area contributed by atoms with Crippen LogP contribution in [0.2, 0.25) is 15.3 Å². The summed E-state index contributed by atoms with van der Waals surface area (Å²) in [6, 6.07) is 7.41. The van der Waals surface area contributed by atoms with Crippen molar-refractivity contribution in [1.82, 2.24) is 14.9 Å². The Kier molecular flexibility index (Phi) is 10.6. The van der Waals surface area contributed by atoms with Crippen LogP contribution < -0.4 is 4.74 Å². The van der Waals surface area contributed by atoms with E-state index in [1.54, 1.807) is 14.0 Å². The fraction of sp³-hybridized carbons (Fsp3) is 0.577. The molecule has 1 heterocycles. The fourth-order valence-corrected chi connectivity index (χ4v) is 4.47.